The number of esters is 2. The summed E-state index contributed by atoms with van der Waals surface area (Å²) in [5.74, 6) is -1.06. The molecule has 0 radical (unpaired) electrons. The number of benzene rings is 1. The number of ether oxygens (including phenoxy) is 2. The molecule has 1 N–H and O–H groups in total. The number of aromatic nitrogens is 1. The molecule has 0 unspecified atom stereocenters. The van der Waals surface area contributed by atoms with Crippen LogP contribution in [0, 0.1) is 18.3 Å². The number of nitriles is 1. The van der Waals surface area contributed by atoms with E-state index in [1.807, 2.05) is 6.07 Å². The summed E-state index contributed by atoms with van der Waals surface area (Å²) >= 11 is 0. The van der Waals surface area contributed by atoms with E-state index in [1.165, 1.54) is 0 Å². The molecule has 124 valence electrons. The molecule has 1 aromatic heterocycles. The number of rotatable bonds is 5. The van der Waals surface area contributed by atoms with E-state index in [0.717, 1.165) is 0 Å². The minimum atomic E-state index is -0.546. The Morgan fingerprint density at radius 3 is 2.21 bits per heavy atom. The maximum Gasteiger partial charge on any atom is 0.355 e. The topological polar surface area (TPSA) is 92.2 Å². The molecule has 2 aromatic rings. The van der Waals surface area contributed by atoms with Gasteiger partial charge in [0.05, 0.1) is 30.4 Å². The largest absolute Gasteiger partial charge is 0.462 e. The molecule has 1 heterocycles. The van der Waals surface area contributed by atoms with Gasteiger partial charge in [0.25, 0.3) is 0 Å². The third kappa shape index (κ3) is 3.30. The molecular weight excluding hydrogens is 308 g/mol. The van der Waals surface area contributed by atoms with Crippen molar-refractivity contribution in [1.29, 1.82) is 5.26 Å². The lowest BCUT2D eigenvalue weighted by Gasteiger charge is -2.08. The Bertz CT molecular complexity index is 798. The first-order chi connectivity index (χ1) is 11.5. The van der Waals surface area contributed by atoms with Gasteiger partial charge in [0.2, 0.25) is 0 Å². The minimum Gasteiger partial charge on any atom is -0.462 e. The smallest absolute Gasteiger partial charge is 0.355 e. The van der Waals surface area contributed by atoms with E-state index in [-0.39, 0.29) is 18.9 Å². The first-order valence-corrected chi connectivity index (χ1v) is 7.60. The van der Waals surface area contributed by atoms with Gasteiger partial charge < -0.3 is 14.5 Å². The van der Waals surface area contributed by atoms with Gasteiger partial charge in [-0.25, -0.2) is 9.59 Å². The summed E-state index contributed by atoms with van der Waals surface area (Å²) < 4.78 is 10.2. The van der Waals surface area contributed by atoms with Gasteiger partial charge in [-0.1, -0.05) is 12.1 Å². The summed E-state index contributed by atoms with van der Waals surface area (Å²) in [4.78, 5) is 27.5. The number of nitrogens with zero attached hydrogens (tertiary/aromatic N) is 1. The van der Waals surface area contributed by atoms with Crippen LogP contribution in [0.2, 0.25) is 0 Å². The quantitative estimate of drug-likeness (QED) is 0.852. The summed E-state index contributed by atoms with van der Waals surface area (Å²) in [6.07, 6.45) is 0. The molecule has 0 atom stereocenters. The SMILES string of the molecule is CCOC(=O)c1[nH]c(C)c(C(=O)OCC)c1-c1ccc(C#N)cc1. The molecule has 0 aliphatic carbocycles. The molecule has 0 spiro atoms. The zero-order valence-electron chi connectivity index (χ0n) is 13.8. The third-order valence-corrected chi connectivity index (χ3v) is 3.45. The van der Waals surface area contributed by atoms with E-state index < -0.39 is 11.9 Å². The number of aromatic amines is 1. The zero-order chi connectivity index (χ0) is 17.7. The number of carbonyl (C=O) groups is 2. The van der Waals surface area contributed by atoms with Gasteiger partial charge in [0.1, 0.15) is 5.69 Å². The van der Waals surface area contributed by atoms with Gasteiger partial charge in [-0.05, 0) is 38.5 Å². The number of hydrogen-bond donors (Lipinski definition) is 1. The summed E-state index contributed by atoms with van der Waals surface area (Å²) in [5.41, 5.74) is 2.56. The fourth-order valence-corrected chi connectivity index (χ4v) is 2.44. The van der Waals surface area contributed by atoms with Gasteiger partial charge in [-0.3, -0.25) is 0 Å². The fraction of sp³-hybridized carbons (Fsp3) is 0.278. The van der Waals surface area contributed by atoms with E-state index in [1.54, 1.807) is 45.0 Å². The Morgan fingerprint density at radius 1 is 1.08 bits per heavy atom. The minimum absolute atomic E-state index is 0.196. The highest BCUT2D eigenvalue weighted by molar-refractivity contribution is 6.06. The molecule has 0 amide bonds. The highest BCUT2D eigenvalue weighted by atomic mass is 16.5. The van der Waals surface area contributed by atoms with Crippen LogP contribution in [0.3, 0.4) is 0 Å². The van der Waals surface area contributed by atoms with Crippen molar-refractivity contribution in [3.63, 3.8) is 0 Å². The maximum atomic E-state index is 12.3. The summed E-state index contributed by atoms with van der Waals surface area (Å²) in [6.45, 7) is 5.57. The normalized spacial score (nSPS) is 10.1. The molecular formula is C18H18N2O4. The molecule has 0 aliphatic heterocycles. The molecule has 0 fully saturated rings. The van der Waals surface area contributed by atoms with Crippen LogP contribution in [0.4, 0.5) is 0 Å². The molecule has 6 nitrogen and oxygen atoms in total. The Morgan fingerprint density at radius 2 is 1.67 bits per heavy atom. The van der Waals surface area contributed by atoms with Crippen molar-refractivity contribution < 1.29 is 19.1 Å². The predicted molar refractivity (Wildman–Crippen MR) is 87.6 cm³/mol. The highest BCUT2D eigenvalue weighted by Crippen LogP contribution is 2.31. The van der Waals surface area contributed by atoms with Crippen molar-refractivity contribution in [2.24, 2.45) is 0 Å². The van der Waals surface area contributed by atoms with E-state index in [0.29, 0.717) is 27.9 Å². The van der Waals surface area contributed by atoms with Crippen LogP contribution < -0.4 is 0 Å². The number of aryl methyl sites for hydroxylation is 1. The maximum absolute atomic E-state index is 12.3. The molecule has 0 bridgehead atoms. The van der Waals surface area contributed by atoms with E-state index in [2.05, 4.69) is 4.98 Å². The molecule has 24 heavy (non-hydrogen) atoms. The molecule has 1 aromatic carbocycles. The van der Waals surface area contributed by atoms with Gasteiger partial charge in [0.15, 0.2) is 0 Å². The van der Waals surface area contributed by atoms with E-state index in [9.17, 15) is 9.59 Å². The van der Waals surface area contributed by atoms with Crippen LogP contribution in [0.1, 0.15) is 46.0 Å². The van der Waals surface area contributed by atoms with Crippen molar-refractivity contribution in [2.75, 3.05) is 13.2 Å². The third-order valence-electron chi connectivity index (χ3n) is 3.45. The van der Waals surface area contributed by atoms with Crippen molar-refractivity contribution >= 4 is 11.9 Å². The fourth-order valence-electron chi connectivity index (χ4n) is 2.44. The number of nitrogens with one attached hydrogen (secondary N) is 1. The Kier molecular flexibility index (Phi) is 5.38. The lowest BCUT2D eigenvalue weighted by Crippen LogP contribution is -2.09. The van der Waals surface area contributed by atoms with Gasteiger partial charge >= 0.3 is 11.9 Å². The van der Waals surface area contributed by atoms with Crippen molar-refractivity contribution in [3.8, 4) is 17.2 Å². The molecule has 0 aliphatic rings. The number of carbonyl (C=O) groups excluding carboxylic acids is 2. The molecule has 2 rings (SSSR count). The predicted octanol–water partition coefficient (Wildman–Crippen LogP) is 3.22. The Hall–Kier alpha value is -3.07. The second-order valence-corrected chi connectivity index (χ2v) is 5.01. The van der Waals surface area contributed by atoms with E-state index >= 15 is 0 Å². The van der Waals surface area contributed by atoms with Crippen molar-refractivity contribution in [2.45, 2.75) is 20.8 Å². The summed E-state index contributed by atoms with van der Waals surface area (Å²) in [7, 11) is 0. The number of hydrogen-bond acceptors (Lipinski definition) is 5. The van der Waals surface area contributed by atoms with Crippen LogP contribution in [0.25, 0.3) is 11.1 Å². The zero-order valence-corrected chi connectivity index (χ0v) is 13.8. The average Bonchev–Trinajstić information content (AvgIpc) is 2.93. The van der Waals surface area contributed by atoms with Crippen LogP contribution in [-0.4, -0.2) is 30.1 Å². The number of H-pyrrole nitrogens is 1. The van der Waals surface area contributed by atoms with Crippen LogP contribution >= 0.6 is 0 Å². The van der Waals surface area contributed by atoms with Gasteiger partial charge in [0, 0.05) is 11.3 Å². The van der Waals surface area contributed by atoms with Crippen LogP contribution in [-0.2, 0) is 9.47 Å². The summed E-state index contributed by atoms with van der Waals surface area (Å²) in [5, 5.41) is 8.92. The van der Waals surface area contributed by atoms with Gasteiger partial charge in [-0.2, -0.15) is 5.26 Å². The van der Waals surface area contributed by atoms with E-state index in [4.69, 9.17) is 14.7 Å². The second-order valence-electron chi connectivity index (χ2n) is 5.01. The molecule has 0 saturated carbocycles. The first kappa shape index (κ1) is 17.3. The second kappa shape index (κ2) is 7.47. The molecule has 0 saturated heterocycles. The summed E-state index contributed by atoms with van der Waals surface area (Å²) in [6, 6.07) is 8.66. The standard InChI is InChI=1S/C18H18N2O4/c1-4-23-17(21)14-11(3)20-16(18(22)24-5-2)15(14)13-8-6-12(10-19)7-9-13/h6-9,20H,4-5H2,1-3H3. The average molecular weight is 326 g/mol. The van der Waals surface area contributed by atoms with Crippen LogP contribution in [0.15, 0.2) is 24.3 Å². The Balaban J connectivity index is 2.65. The van der Waals surface area contributed by atoms with Gasteiger partial charge in [-0.15, -0.1) is 0 Å². The van der Waals surface area contributed by atoms with Crippen molar-refractivity contribution in [1.82, 2.24) is 4.98 Å². The monoisotopic (exact) mass is 326 g/mol. The molecule has 6 heteroatoms. The van der Waals surface area contributed by atoms with Crippen molar-refractivity contribution in [3.05, 3.63) is 46.8 Å². The van der Waals surface area contributed by atoms with Crippen LogP contribution in [0.5, 0.6) is 0 Å². The highest BCUT2D eigenvalue weighted by Gasteiger charge is 2.27. The lowest BCUT2D eigenvalue weighted by molar-refractivity contribution is 0.0518. The first-order valence-electron chi connectivity index (χ1n) is 7.60. The Labute approximate surface area is 140 Å². The lowest BCUT2D eigenvalue weighted by atomic mass is 9.99.